The highest BCUT2D eigenvalue weighted by Gasteiger charge is 2.21. The number of nitrogens with zero attached hydrogens (tertiary/aromatic N) is 1. The Hall–Kier alpha value is -2.74. The maximum Gasteiger partial charge on any atom is 0.259 e. The second-order valence-electron chi connectivity index (χ2n) is 4.32. The van der Waals surface area contributed by atoms with E-state index in [1.165, 1.54) is 6.08 Å². The maximum atomic E-state index is 11.1. The third kappa shape index (κ3) is 2.50. The molecule has 1 heterocycles. The minimum Gasteiger partial charge on any atom is -0.493 e. The normalized spacial score (nSPS) is 17.4. The Bertz CT molecular complexity index is 654. The number of nitriles is 1. The molecule has 0 saturated carbocycles. The first-order chi connectivity index (χ1) is 9.56. The number of primary amides is 1. The lowest BCUT2D eigenvalue weighted by molar-refractivity contribution is -0.114. The molecule has 0 radical (unpaired) electrons. The number of nitrogens with two attached hydrogens (primary N) is 1. The number of carbonyl (C=O) groups excluding carboxylic acids is 1. The fourth-order valence-corrected chi connectivity index (χ4v) is 1.96. The standard InChI is InChI=1S/C15H14N2O3/c1-9-11(7-12(8-16)15(17)18)6-10-4-3-5-13(19-2)14(10)20-9/h3-7,9H,1-2H3,(H2,17,18)/b12-7-. The Kier molecular flexibility index (Phi) is 3.76. The number of para-hydroxylation sites is 1. The Morgan fingerprint density at radius 1 is 1.55 bits per heavy atom. The van der Waals surface area contributed by atoms with E-state index < -0.39 is 5.91 Å². The quantitative estimate of drug-likeness (QED) is 0.670. The molecule has 1 aliphatic rings. The van der Waals surface area contributed by atoms with Crippen molar-refractivity contribution >= 4 is 12.0 Å². The van der Waals surface area contributed by atoms with E-state index >= 15 is 0 Å². The third-order valence-corrected chi connectivity index (χ3v) is 3.01. The monoisotopic (exact) mass is 270 g/mol. The first-order valence-electron chi connectivity index (χ1n) is 6.03. The van der Waals surface area contributed by atoms with Crippen LogP contribution in [0.25, 0.3) is 6.08 Å². The molecule has 5 nitrogen and oxygen atoms in total. The molecule has 0 spiro atoms. The van der Waals surface area contributed by atoms with Gasteiger partial charge in [-0.15, -0.1) is 0 Å². The summed E-state index contributed by atoms with van der Waals surface area (Å²) in [5.74, 6) is 0.540. The predicted octanol–water partition coefficient (Wildman–Crippen LogP) is 1.79. The smallest absolute Gasteiger partial charge is 0.259 e. The molecule has 1 atom stereocenters. The Morgan fingerprint density at radius 2 is 2.30 bits per heavy atom. The number of fused-ring (bicyclic) bond motifs is 1. The summed E-state index contributed by atoms with van der Waals surface area (Å²) in [5.41, 5.74) is 6.57. The first-order valence-corrected chi connectivity index (χ1v) is 6.03. The maximum absolute atomic E-state index is 11.1. The summed E-state index contributed by atoms with van der Waals surface area (Å²) in [5, 5.41) is 8.88. The molecule has 102 valence electrons. The van der Waals surface area contributed by atoms with Gasteiger partial charge in [-0.05, 0) is 30.7 Å². The molecule has 0 saturated heterocycles. The number of hydrogen-bond donors (Lipinski definition) is 1. The lowest BCUT2D eigenvalue weighted by Gasteiger charge is -2.24. The number of hydrogen-bond acceptors (Lipinski definition) is 4. The molecule has 0 bridgehead atoms. The zero-order chi connectivity index (χ0) is 14.7. The van der Waals surface area contributed by atoms with Gasteiger partial charge in [0.15, 0.2) is 11.5 Å². The Balaban J connectivity index is 2.49. The third-order valence-electron chi connectivity index (χ3n) is 3.01. The molecule has 2 rings (SSSR count). The van der Waals surface area contributed by atoms with E-state index in [4.69, 9.17) is 20.5 Å². The van der Waals surface area contributed by atoms with E-state index in [0.717, 1.165) is 5.56 Å². The first kappa shape index (κ1) is 13.7. The molecule has 5 heteroatoms. The van der Waals surface area contributed by atoms with Crippen molar-refractivity contribution in [3.63, 3.8) is 0 Å². The van der Waals surface area contributed by atoms with Crippen LogP contribution in [-0.4, -0.2) is 19.1 Å². The summed E-state index contributed by atoms with van der Waals surface area (Å²) in [6.45, 7) is 1.83. The van der Waals surface area contributed by atoms with Crippen LogP contribution in [-0.2, 0) is 4.79 Å². The summed E-state index contributed by atoms with van der Waals surface area (Å²) in [6.07, 6.45) is 3.00. The molecule has 0 fully saturated rings. The molecule has 2 N–H and O–H groups in total. The highest BCUT2D eigenvalue weighted by atomic mass is 16.5. The van der Waals surface area contributed by atoms with Crippen LogP contribution in [0.3, 0.4) is 0 Å². The van der Waals surface area contributed by atoms with Gasteiger partial charge in [-0.2, -0.15) is 5.26 Å². The molecule has 1 aromatic rings. The van der Waals surface area contributed by atoms with Gasteiger partial charge < -0.3 is 15.2 Å². The molecule has 1 unspecified atom stereocenters. The number of benzene rings is 1. The van der Waals surface area contributed by atoms with Crippen molar-refractivity contribution in [3.8, 4) is 17.6 Å². The van der Waals surface area contributed by atoms with Gasteiger partial charge in [-0.3, -0.25) is 4.79 Å². The van der Waals surface area contributed by atoms with Gasteiger partial charge in [-0.1, -0.05) is 12.1 Å². The van der Waals surface area contributed by atoms with Crippen molar-refractivity contribution in [2.24, 2.45) is 5.73 Å². The van der Waals surface area contributed by atoms with Gasteiger partial charge in [0.1, 0.15) is 17.7 Å². The van der Waals surface area contributed by atoms with Crippen molar-refractivity contribution < 1.29 is 14.3 Å². The summed E-state index contributed by atoms with van der Waals surface area (Å²) in [6, 6.07) is 7.30. The van der Waals surface area contributed by atoms with Crippen LogP contribution in [0.15, 0.2) is 35.4 Å². The largest absolute Gasteiger partial charge is 0.493 e. The number of methoxy groups -OCH3 is 1. The van der Waals surface area contributed by atoms with Gasteiger partial charge in [0.25, 0.3) is 5.91 Å². The average Bonchev–Trinajstić information content (AvgIpc) is 2.44. The average molecular weight is 270 g/mol. The lowest BCUT2D eigenvalue weighted by atomic mass is 10.00. The molecular weight excluding hydrogens is 256 g/mol. The molecule has 1 aromatic carbocycles. The van der Waals surface area contributed by atoms with Crippen LogP contribution in [0.2, 0.25) is 0 Å². The van der Waals surface area contributed by atoms with Crippen LogP contribution < -0.4 is 15.2 Å². The van der Waals surface area contributed by atoms with E-state index in [1.807, 2.05) is 31.2 Å². The van der Waals surface area contributed by atoms with Gasteiger partial charge in [0.2, 0.25) is 0 Å². The SMILES string of the molecule is COc1cccc2c1OC(C)C(/C=C(/C#N)C(N)=O)=C2. The van der Waals surface area contributed by atoms with Gasteiger partial charge in [0, 0.05) is 5.56 Å². The van der Waals surface area contributed by atoms with Crippen molar-refractivity contribution in [1.29, 1.82) is 5.26 Å². The lowest BCUT2D eigenvalue weighted by Crippen LogP contribution is -2.20. The number of carbonyl (C=O) groups is 1. The second kappa shape index (κ2) is 5.49. The van der Waals surface area contributed by atoms with Gasteiger partial charge >= 0.3 is 0 Å². The van der Waals surface area contributed by atoms with Crippen LogP contribution in [0.5, 0.6) is 11.5 Å². The zero-order valence-corrected chi connectivity index (χ0v) is 11.2. The Labute approximate surface area is 116 Å². The van der Waals surface area contributed by atoms with Gasteiger partial charge in [-0.25, -0.2) is 0 Å². The van der Waals surface area contributed by atoms with Crippen molar-refractivity contribution in [3.05, 3.63) is 41.0 Å². The minimum absolute atomic E-state index is 0.0990. The molecule has 1 aliphatic heterocycles. The number of rotatable bonds is 3. The molecule has 0 aromatic heterocycles. The van der Waals surface area contributed by atoms with Crippen molar-refractivity contribution in [1.82, 2.24) is 0 Å². The molecule has 20 heavy (non-hydrogen) atoms. The van der Waals surface area contributed by atoms with E-state index in [-0.39, 0.29) is 11.7 Å². The van der Waals surface area contributed by atoms with Crippen LogP contribution in [0, 0.1) is 11.3 Å². The Morgan fingerprint density at radius 3 is 2.90 bits per heavy atom. The van der Waals surface area contributed by atoms with Crippen LogP contribution >= 0.6 is 0 Å². The second-order valence-corrected chi connectivity index (χ2v) is 4.32. The minimum atomic E-state index is -0.753. The number of ether oxygens (including phenoxy) is 2. The van der Waals surface area contributed by atoms with Gasteiger partial charge in [0.05, 0.1) is 7.11 Å². The van der Waals surface area contributed by atoms with E-state index in [2.05, 4.69) is 0 Å². The van der Waals surface area contributed by atoms with Crippen LogP contribution in [0.1, 0.15) is 12.5 Å². The highest BCUT2D eigenvalue weighted by molar-refractivity contribution is 5.96. The summed E-state index contributed by atoms with van der Waals surface area (Å²) in [7, 11) is 1.57. The summed E-state index contributed by atoms with van der Waals surface area (Å²) in [4.78, 5) is 11.1. The fourth-order valence-electron chi connectivity index (χ4n) is 1.96. The molecule has 1 amide bonds. The van der Waals surface area contributed by atoms with Crippen molar-refractivity contribution in [2.75, 3.05) is 7.11 Å². The van der Waals surface area contributed by atoms with E-state index in [9.17, 15) is 4.79 Å². The summed E-state index contributed by atoms with van der Waals surface area (Å²) < 4.78 is 11.0. The van der Waals surface area contributed by atoms with Crippen LogP contribution in [0.4, 0.5) is 0 Å². The highest BCUT2D eigenvalue weighted by Crippen LogP contribution is 2.37. The fraction of sp³-hybridized carbons (Fsp3) is 0.200. The number of amides is 1. The van der Waals surface area contributed by atoms with E-state index in [1.54, 1.807) is 13.2 Å². The predicted molar refractivity (Wildman–Crippen MR) is 74.0 cm³/mol. The molecular formula is C15H14N2O3. The van der Waals surface area contributed by atoms with Crippen molar-refractivity contribution in [2.45, 2.75) is 13.0 Å². The molecule has 0 aliphatic carbocycles. The topological polar surface area (TPSA) is 85.3 Å². The summed E-state index contributed by atoms with van der Waals surface area (Å²) >= 11 is 0. The zero-order valence-electron chi connectivity index (χ0n) is 11.2. The van der Waals surface area contributed by atoms with E-state index in [0.29, 0.717) is 17.1 Å².